The minimum atomic E-state index is -5.04. The molecular weight excluding hydrogens is 521 g/mol. The highest BCUT2D eigenvalue weighted by atomic mass is 32.2. The molecule has 1 aliphatic rings. The summed E-state index contributed by atoms with van der Waals surface area (Å²) in [6.45, 7) is 1.21. The molecule has 1 amide bonds. The summed E-state index contributed by atoms with van der Waals surface area (Å²) in [5.74, 6) is -14.8. The minimum absolute atomic E-state index is 0.601. The van der Waals surface area contributed by atoms with Crippen molar-refractivity contribution in [3.63, 3.8) is 0 Å². The third-order valence-corrected chi connectivity index (χ3v) is 7.32. The number of amides is 1. The van der Waals surface area contributed by atoms with E-state index < -0.39 is 96.1 Å². The zero-order chi connectivity index (χ0) is 27.4. The molecule has 16 heteroatoms. The topological polar surface area (TPSA) is 147 Å². The van der Waals surface area contributed by atoms with Crippen LogP contribution in [0.1, 0.15) is 19.4 Å². The number of hydrogen-bond donors (Lipinski definition) is 2. The molecule has 1 heterocycles. The first kappa shape index (κ1) is 26.9. The zero-order valence-electron chi connectivity index (χ0n) is 18.3. The number of benzene rings is 2. The molecule has 1 aliphatic heterocycles. The zero-order valence-corrected chi connectivity index (χ0v) is 19.1. The van der Waals surface area contributed by atoms with Gasteiger partial charge in [-0.05, 0) is 19.9 Å². The number of nitro groups is 1. The van der Waals surface area contributed by atoms with Crippen LogP contribution in [0.3, 0.4) is 0 Å². The first-order valence-electron chi connectivity index (χ1n) is 9.81. The Morgan fingerprint density at radius 3 is 2.08 bits per heavy atom. The number of carbonyl (C=O) groups excluding carboxylic acids is 1. The Bertz CT molecular complexity index is 1390. The van der Waals surface area contributed by atoms with Crippen molar-refractivity contribution in [1.82, 2.24) is 9.62 Å². The molecule has 1 fully saturated rings. The molecule has 1 saturated heterocycles. The van der Waals surface area contributed by atoms with E-state index in [2.05, 4.69) is 0 Å². The third kappa shape index (κ3) is 4.15. The fourth-order valence-electron chi connectivity index (χ4n) is 3.64. The summed E-state index contributed by atoms with van der Waals surface area (Å²) >= 11 is 0. The van der Waals surface area contributed by atoms with Gasteiger partial charge in [0.2, 0.25) is 21.7 Å². The number of carbonyl (C=O) groups is 2. The average molecular weight is 537 g/mol. The molecule has 10 nitrogen and oxygen atoms in total. The summed E-state index contributed by atoms with van der Waals surface area (Å²) in [5, 5.41) is 20.7. The smallest absolute Gasteiger partial charge is 0.329 e. The van der Waals surface area contributed by atoms with Crippen LogP contribution in [0, 0.1) is 39.2 Å². The van der Waals surface area contributed by atoms with Crippen molar-refractivity contribution in [2.24, 2.45) is 0 Å². The fraction of sp³-hybridized carbons (Fsp3) is 0.300. The van der Waals surface area contributed by atoms with Crippen molar-refractivity contribution >= 4 is 27.6 Å². The van der Waals surface area contributed by atoms with Crippen molar-refractivity contribution in [1.29, 1.82) is 0 Å². The standard InChI is InChI=1S/C20H16F5N3O7S/c1-19(2,18(30)31)27-8-20(17(27)29,7-9-12(21)14(23)16(25)15(24)13(9)22)26-36(34,35)11-6-4-3-5-10(11)28(32)33/h3-6,26H,7-8H2,1-2H3,(H,30,31). The van der Waals surface area contributed by atoms with E-state index in [1.54, 1.807) is 4.72 Å². The van der Waals surface area contributed by atoms with E-state index in [0.29, 0.717) is 4.90 Å². The van der Waals surface area contributed by atoms with E-state index >= 15 is 0 Å². The van der Waals surface area contributed by atoms with Gasteiger partial charge in [-0.2, -0.15) is 4.72 Å². The summed E-state index contributed by atoms with van der Waals surface area (Å²) in [6.07, 6.45) is -1.43. The molecular formula is C20H16F5N3O7S. The number of para-hydroxylation sites is 1. The summed E-state index contributed by atoms with van der Waals surface area (Å²) < 4.78 is 97.7. The second-order valence-corrected chi connectivity index (χ2v) is 10.0. The van der Waals surface area contributed by atoms with Gasteiger partial charge in [-0.25, -0.2) is 35.2 Å². The SMILES string of the molecule is CC(C)(C(=O)O)N1CC(Cc2c(F)c(F)c(F)c(F)c2F)(NS(=O)(=O)c2ccccc2[N+](=O)[O-])C1=O. The number of hydrogen-bond acceptors (Lipinski definition) is 6. The van der Waals surface area contributed by atoms with Crippen LogP contribution in [0.4, 0.5) is 27.6 Å². The molecule has 0 spiro atoms. The highest BCUT2D eigenvalue weighted by Gasteiger charge is 2.60. The van der Waals surface area contributed by atoms with Crippen LogP contribution in [0.25, 0.3) is 0 Å². The molecule has 194 valence electrons. The van der Waals surface area contributed by atoms with E-state index in [4.69, 9.17) is 0 Å². The maximum atomic E-state index is 14.4. The Balaban J connectivity index is 2.17. The van der Waals surface area contributed by atoms with Gasteiger partial charge in [0.25, 0.3) is 5.69 Å². The normalized spacial score (nSPS) is 18.2. The van der Waals surface area contributed by atoms with Gasteiger partial charge < -0.3 is 10.0 Å². The highest BCUT2D eigenvalue weighted by molar-refractivity contribution is 7.89. The van der Waals surface area contributed by atoms with Gasteiger partial charge in [-0.15, -0.1) is 0 Å². The Morgan fingerprint density at radius 2 is 1.61 bits per heavy atom. The predicted molar refractivity (Wildman–Crippen MR) is 110 cm³/mol. The second-order valence-electron chi connectivity index (χ2n) is 8.39. The lowest BCUT2D eigenvalue weighted by molar-refractivity contribution is -0.387. The van der Waals surface area contributed by atoms with E-state index in [0.717, 1.165) is 38.1 Å². The molecule has 36 heavy (non-hydrogen) atoms. The lowest BCUT2D eigenvalue weighted by Gasteiger charge is -2.53. The van der Waals surface area contributed by atoms with Crippen LogP contribution >= 0.6 is 0 Å². The number of rotatable bonds is 8. The molecule has 0 saturated carbocycles. The molecule has 2 aromatic carbocycles. The molecule has 1 unspecified atom stereocenters. The Kier molecular flexibility index (Phi) is 6.57. The van der Waals surface area contributed by atoms with Gasteiger partial charge in [-0.3, -0.25) is 14.9 Å². The van der Waals surface area contributed by atoms with Crippen LogP contribution in [-0.4, -0.2) is 52.8 Å². The van der Waals surface area contributed by atoms with Gasteiger partial charge in [0, 0.05) is 18.1 Å². The van der Waals surface area contributed by atoms with E-state index in [1.807, 2.05) is 0 Å². The number of nitro benzene ring substituents is 1. The first-order chi connectivity index (χ1) is 16.5. The van der Waals surface area contributed by atoms with Gasteiger partial charge in [-0.1, -0.05) is 12.1 Å². The fourth-order valence-corrected chi connectivity index (χ4v) is 5.17. The first-order valence-corrected chi connectivity index (χ1v) is 11.3. The summed E-state index contributed by atoms with van der Waals surface area (Å²) in [7, 11) is -5.04. The largest absolute Gasteiger partial charge is 0.480 e. The number of nitrogens with one attached hydrogen (secondary N) is 1. The summed E-state index contributed by atoms with van der Waals surface area (Å²) in [6, 6.07) is 3.83. The minimum Gasteiger partial charge on any atom is -0.480 e. The maximum absolute atomic E-state index is 14.4. The molecule has 0 aromatic heterocycles. The lowest BCUT2D eigenvalue weighted by Crippen LogP contribution is -2.79. The van der Waals surface area contributed by atoms with Crippen molar-refractivity contribution in [3.05, 3.63) is 69.0 Å². The Labute approximate surface area is 199 Å². The predicted octanol–water partition coefficient (Wildman–Crippen LogP) is 2.26. The molecule has 0 bridgehead atoms. The van der Waals surface area contributed by atoms with Crippen molar-refractivity contribution < 1.29 is 50.0 Å². The van der Waals surface area contributed by atoms with Crippen molar-refractivity contribution in [3.8, 4) is 0 Å². The number of halogens is 5. The molecule has 1 atom stereocenters. The quantitative estimate of drug-likeness (QED) is 0.131. The molecule has 3 rings (SSSR count). The highest BCUT2D eigenvalue weighted by Crippen LogP contribution is 2.37. The number of nitrogens with zero attached hydrogens (tertiary/aromatic N) is 2. The van der Waals surface area contributed by atoms with Crippen LogP contribution in [0.15, 0.2) is 29.2 Å². The van der Waals surface area contributed by atoms with E-state index in [9.17, 15) is 55.2 Å². The molecule has 0 aliphatic carbocycles. The number of likely N-dealkylation sites (tertiary alicyclic amines) is 1. The van der Waals surface area contributed by atoms with Crippen molar-refractivity contribution in [2.75, 3.05) is 6.54 Å². The lowest BCUT2D eigenvalue weighted by atomic mass is 9.79. The van der Waals surface area contributed by atoms with E-state index in [-0.39, 0.29) is 0 Å². The summed E-state index contributed by atoms with van der Waals surface area (Å²) in [4.78, 5) is 34.5. The average Bonchev–Trinajstić information content (AvgIpc) is 2.81. The molecule has 0 radical (unpaired) electrons. The van der Waals surface area contributed by atoms with Crippen molar-refractivity contribution in [2.45, 2.75) is 36.2 Å². The number of aliphatic carboxylic acids is 1. The number of sulfonamides is 1. The number of β-lactam (4-membered cyclic amide) rings is 1. The second kappa shape index (κ2) is 8.77. The van der Waals surface area contributed by atoms with Gasteiger partial charge in [0.05, 0.1) is 11.5 Å². The van der Waals surface area contributed by atoms with E-state index in [1.165, 1.54) is 0 Å². The maximum Gasteiger partial charge on any atom is 0.329 e. The number of carboxylic acid groups (broad SMARTS) is 1. The van der Waals surface area contributed by atoms with Gasteiger partial charge >= 0.3 is 5.97 Å². The third-order valence-electron chi connectivity index (χ3n) is 5.74. The summed E-state index contributed by atoms with van der Waals surface area (Å²) in [5.41, 5.74) is -7.10. The Morgan fingerprint density at radius 1 is 1.11 bits per heavy atom. The van der Waals surface area contributed by atoms with Crippen LogP contribution in [0.5, 0.6) is 0 Å². The Hall–Kier alpha value is -3.66. The van der Waals surface area contributed by atoms with Gasteiger partial charge in [0.1, 0.15) is 11.1 Å². The number of carboxylic acids is 1. The monoisotopic (exact) mass is 537 g/mol. The van der Waals surface area contributed by atoms with Gasteiger partial charge in [0.15, 0.2) is 28.2 Å². The molecule has 2 N–H and O–H groups in total. The van der Waals surface area contributed by atoms with Crippen LogP contribution in [-0.2, 0) is 26.0 Å². The van der Waals surface area contributed by atoms with Crippen LogP contribution < -0.4 is 4.72 Å². The van der Waals surface area contributed by atoms with Crippen LogP contribution in [0.2, 0.25) is 0 Å². The molecule has 2 aromatic rings.